The first kappa shape index (κ1) is 22.9. The molecule has 174 valence electrons. The fourth-order valence-corrected chi connectivity index (χ4v) is 3.84. The maximum Gasteiger partial charge on any atom is 0.341 e. The van der Waals surface area contributed by atoms with E-state index in [2.05, 4.69) is 20.5 Å². The maximum atomic E-state index is 14.0. The smallest absolute Gasteiger partial charge is 0.341 e. The zero-order valence-electron chi connectivity index (χ0n) is 18.8. The van der Waals surface area contributed by atoms with Crippen molar-refractivity contribution in [2.45, 2.75) is 13.3 Å². The van der Waals surface area contributed by atoms with Gasteiger partial charge in [-0.3, -0.25) is 9.88 Å². The van der Waals surface area contributed by atoms with Crippen molar-refractivity contribution in [2.24, 2.45) is 0 Å². The number of carbonyl (C=O) groups is 1. The Hall–Kier alpha value is -3.23. The number of pyridine rings is 1. The summed E-state index contributed by atoms with van der Waals surface area (Å²) in [5, 5.41) is 7.22. The molecule has 0 unspecified atom stereocenters. The summed E-state index contributed by atoms with van der Waals surface area (Å²) >= 11 is 0. The molecule has 2 heterocycles. The van der Waals surface area contributed by atoms with E-state index >= 15 is 0 Å². The number of hydrogen-bond donors (Lipinski definition) is 2. The maximum absolute atomic E-state index is 14.0. The predicted octanol–water partition coefficient (Wildman–Crippen LogP) is 4.43. The molecular formula is C25H29FN4O3. The fourth-order valence-electron chi connectivity index (χ4n) is 3.84. The lowest BCUT2D eigenvalue weighted by molar-refractivity contribution is 0.0378. The molecule has 7 nitrogen and oxygen atoms in total. The summed E-state index contributed by atoms with van der Waals surface area (Å²) in [5.74, 6) is -0.901. The highest BCUT2D eigenvalue weighted by atomic mass is 19.1. The number of anilines is 3. The topological polar surface area (TPSA) is 75.7 Å². The summed E-state index contributed by atoms with van der Waals surface area (Å²) in [5.41, 5.74) is 3.12. The first-order chi connectivity index (χ1) is 16.1. The van der Waals surface area contributed by atoms with Gasteiger partial charge in [0.25, 0.3) is 0 Å². The molecule has 1 aromatic heterocycles. The van der Waals surface area contributed by atoms with Gasteiger partial charge in [-0.1, -0.05) is 0 Å². The first-order valence-electron chi connectivity index (χ1n) is 11.3. The minimum Gasteiger partial charge on any atom is -0.462 e. The van der Waals surface area contributed by atoms with Crippen molar-refractivity contribution in [3.8, 4) is 0 Å². The lowest BCUT2D eigenvalue weighted by Gasteiger charge is -2.26. The first-order valence-corrected chi connectivity index (χ1v) is 11.3. The molecule has 1 aliphatic rings. The number of morpholine rings is 1. The molecule has 2 aromatic carbocycles. The minimum absolute atomic E-state index is 0.241. The lowest BCUT2D eigenvalue weighted by atomic mass is 10.1. The standard InChI is InChI=1S/C25H29FN4O3/c1-2-33-25(31)22-17-28-23-9-4-18(26)16-21(23)24(22)29-20-7-5-19(6-8-20)27-10-3-11-30-12-14-32-15-13-30/h4-9,16-17,27H,2-3,10-15H2,1H3,(H,28,29). The molecule has 3 aromatic rings. The van der Waals surface area contributed by atoms with Gasteiger partial charge < -0.3 is 20.1 Å². The summed E-state index contributed by atoms with van der Waals surface area (Å²) in [6, 6.07) is 12.1. The van der Waals surface area contributed by atoms with Crippen LogP contribution in [0.25, 0.3) is 10.9 Å². The van der Waals surface area contributed by atoms with Crippen LogP contribution in [0.5, 0.6) is 0 Å². The lowest BCUT2D eigenvalue weighted by Crippen LogP contribution is -2.37. The summed E-state index contributed by atoms with van der Waals surface area (Å²) < 4.78 is 24.5. The molecule has 1 saturated heterocycles. The van der Waals surface area contributed by atoms with Crippen molar-refractivity contribution in [3.05, 3.63) is 60.0 Å². The third kappa shape index (κ3) is 5.97. The van der Waals surface area contributed by atoms with Gasteiger partial charge in [0.05, 0.1) is 31.0 Å². The van der Waals surface area contributed by atoms with Gasteiger partial charge in [-0.2, -0.15) is 0 Å². The molecule has 0 amide bonds. The van der Waals surface area contributed by atoms with Crippen LogP contribution >= 0.6 is 0 Å². The molecule has 4 rings (SSSR count). The molecule has 0 bridgehead atoms. The third-order valence-electron chi connectivity index (χ3n) is 5.56. The number of nitrogens with zero attached hydrogens (tertiary/aromatic N) is 2. The Balaban J connectivity index is 1.44. The van der Waals surface area contributed by atoms with Gasteiger partial charge in [0, 0.05) is 42.6 Å². The molecule has 0 aliphatic carbocycles. The molecule has 1 aliphatic heterocycles. The number of nitrogens with one attached hydrogen (secondary N) is 2. The van der Waals surface area contributed by atoms with E-state index in [1.54, 1.807) is 13.0 Å². The Kier molecular flexibility index (Phi) is 7.70. The van der Waals surface area contributed by atoms with Gasteiger partial charge in [0.1, 0.15) is 11.4 Å². The number of halogens is 1. The van der Waals surface area contributed by atoms with E-state index in [1.165, 1.54) is 18.3 Å². The Labute approximate surface area is 192 Å². The van der Waals surface area contributed by atoms with Gasteiger partial charge in [-0.25, -0.2) is 9.18 Å². The van der Waals surface area contributed by atoms with Crippen molar-refractivity contribution in [1.82, 2.24) is 9.88 Å². The number of hydrogen-bond acceptors (Lipinski definition) is 7. The summed E-state index contributed by atoms with van der Waals surface area (Å²) in [6.07, 6.45) is 2.52. The number of benzene rings is 2. The van der Waals surface area contributed by atoms with E-state index in [4.69, 9.17) is 9.47 Å². The Morgan fingerprint density at radius 3 is 2.67 bits per heavy atom. The summed E-state index contributed by atoms with van der Waals surface area (Å²) in [7, 11) is 0. The molecule has 1 fully saturated rings. The number of ether oxygens (including phenoxy) is 2. The van der Waals surface area contributed by atoms with Crippen LogP contribution in [0.4, 0.5) is 21.5 Å². The van der Waals surface area contributed by atoms with Crippen LogP contribution in [0.15, 0.2) is 48.7 Å². The largest absolute Gasteiger partial charge is 0.462 e. The number of aromatic nitrogens is 1. The van der Waals surface area contributed by atoms with Gasteiger partial charge in [-0.05, 0) is 62.4 Å². The molecule has 0 saturated carbocycles. The van der Waals surface area contributed by atoms with Crippen LogP contribution in [0.1, 0.15) is 23.7 Å². The molecule has 0 atom stereocenters. The highest BCUT2D eigenvalue weighted by Crippen LogP contribution is 2.30. The van der Waals surface area contributed by atoms with Crippen molar-refractivity contribution in [1.29, 1.82) is 0 Å². The zero-order valence-corrected chi connectivity index (χ0v) is 18.8. The minimum atomic E-state index is -0.503. The highest BCUT2D eigenvalue weighted by Gasteiger charge is 2.17. The van der Waals surface area contributed by atoms with E-state index in [9.17, 15) is 9.18 Å². The number of carbonyl (C=O) groups excluding carboxylic acids is 1. The second kappa shape index (κ2) is 11.1. The second-order valence-corrected chi connectivity index (χ2v) is 7.87. The molecule has 2 N–H and O–H groups in total. The Morgan fingerprint density at radius 2 is 1.91 bits per heavy atom. The molecule has 8 heteroatoms. The molecular weight excluding hydrogens is 423 g/mol. The Bertz CT molecular complexity index is 1080. The summed E-state index contributed by atoms with van der Waals surface area (Å²) in [4.78, 5) is 19.2. The SMILES string of the molecule is CCOC(=O)c1cnc2ccc(F)cc2c1Nc1ccc(NCCCN2CCOCC2)cc1. The fraction of sp³-hybridized carbons (Fsp3) is 0.360. The average molecular weight is 453 g/mol. The highest BCUT2D eigenvalue weighted by molar-refractivity contribution is 6.06. The van der Waals surface area contributed by atoms with E-state index in [1.807, 2.05) is 24.3 Å². The van der Waals surface area contributed by atoms with Crippen LogP contribution in [-0.4, -0.2) is 61.9 Å². The van der Waals surface area contributed by atoms with E-state index in [0.29, 0.717) is 16.6 Å². The Morgan fingerprint density at radius 1 is 1.15 bits per heavy atom. The van der Waals surface area contributed by atoms with Crippen molar-refractivity contribution in [2.75, 3.05) is 56.6 Å². The number of rotatable bonds is 9. The van der Waals surface area contributed by atoms with Crippen molar-refractivity contribution in [3.63, 3.8) is 0 Å². The van der Waals surface area contributed by atoms with E-state index < -0.39 is 11.8 Å². The molecule has 0 spiro atoms. The van der Waals surface area contributed by atoms with Crippen LogP contribution in [-0.2, 0) is 9.47 Å². The summed E-state index contributed by atoms with van der Waals surface area (Å²) in [6.45, 7) is 7.56. The van der Waals surface area contributed by atoms with Crippen molar-refractivity contribution < 1.29 is 18.7 Å². The normalized spacial score (nSPS) is 14.2. The molecule has 33 heavy (non-hydrogen) atoms. The monoisotopic (exact) mass is 452 g/mol. The average Bonchev–Trinajstić information content (AvgIpc) is 2.84. The van der Waals surface area contributed by atoms with Crippen LogP contribution in [0.3, 0.4) is 0 Å². The number of esters is 1. The van der Waals surface area contributed by atoms with E-state index in [-0.39, 0.29) is 12.2 Å². The number of fused-ring (bicyclic) bond motifs is 1. The van der Waals surface area contributed by atoms with Gasteiger partial charge in [0.15, 0.2) is 0 Å². The quantitative estimate of drug-likeness (QED) is 0.367. The zero-order chi connectivity index (χ0) is 23.0. The second-order valence-electron chi connectivity index (χ2n) is 7.87. The van der Waals surface area contributed by atoms with Crippen LogP contribution in [0, 0.1) is 5.82 Å². The van der Waals surface area contributed by atoms with E-state index in [0.717, 1.165) is 57.2 Å². The van der Waals surface area contributed by atoms with Crippen molar-refractivity contribution >= 4 is 33.9 Å². The molecule has 0 radical (unpaired) electrons. The van der Waals surface area contributed by atoms with Crippen LogP contribution in [0.2, 0.25) is 0 Å². The van der Waals surface area contributed by atoms with Crippen LogP contribution < -0.4 is 10.6 Å². The van der Waals surface area contributed by atoms with Gasteiger partial charge >= 0.3 is 5.97 Å². The van der Waals surface area contributed by atoms with Gasteiger partial charge in [-0.15, -0.1) is 0 Å². The predicted molar refractivity (Wildman–Crippen MR) is 128 cm³/mol. The van der Waals surface area contributed by atoms with Gasteiger partial charge in [0.2, 0.25) is 0 Å². The third-order valence-corrected chi connectivity index (χ3v) is 5.56.